The van der Waals surface area contributed by atoms with Crippen LogP contribution in [0.1, 0.15) is 19.8 Å². The molecular formula is C12H16Cl2OS. The van der Waals surface area contributed by atoms with Crippen molar-refractivity contribution in [3.05, 3.63) is 28.2 Å². The van der Waals surface area contributed by atoms with Crippen molar-refractivity contribution in [1.29, 1.82) is 0 Å². The third kappa shape index (κ3) is 4.44. The molecule has 0 bridgehead atoms. The average molecular weight is 279 g/mol. The zero-order valence-corrected chi connectivity index (χ0v) is 11.7. The van der Waals surface area contributed by atoms with Crippen molar-refractivity contribution in [3.63, 3.8) is 0 Å². The molecule has 0 heterocycles. The molecule has 0 radical (unpaired) electrons. The predicted octanol–water partition coefficient (Wildman–Crippen LogP) is 4.72. The van der Waals surface area contributed by atoms with Gasteiger partial charge in [0.1, 0.15) is 0 Å². The van der Waals surface area contributed by atoms with Crippen molar-refractivity contribution >= 4 is 35.8 Å². The first-order valence-corrected chi connectivity index (χ1v) is 6.71. The summed E-state index contributed by atoms with van der Waals surface area (Å²) in [5, 5.41) is 1.13. The van der Waals surface area contributed by atoms with Crippen LogP contribution < -0.4 is 4.74 Å². The van der Waals surface area contributed by atoms with Crippen LogP contribution in [-0.4, -0.2) is 12.4 Å². The third-order valence-electron chi connectivity index (χ3n) is 2.40. The van der Waals surface area contributed by atoms with E-state index in [-0.39, 0.29) is 0 Å². The van der Waals surface area contributed by atoms with Crippen molar-refractivity contribution in [2.75, 3.05) is 12.4 Å². The average Bonchev–Trinajstić information content (AvgIpc) is 2.23. The van der Waals surface area contributed by atoms with Crippen LogP contribution in [0.4, 0.5) is 0 Å². The van der Waals surface area contributed by atoms with Gasteiger partial charge in [0.2, 0.25) is 0 Å². The van der Waals surface area contributed by atoms with E-state index in [1.807, 2.05) is 0 Å². The molecule has 1 rings (SSSR count). The lowest BCUT2D eigenvalue weighted by atomic mass is 10.1. The minimum absolute atomic E-state index is 0.564. The molecule has 0 saturated carbocycles. The van der Waals surface area contributed by atoms with E-state index in [1.165, 1.54) is 0 Å². The van der Waals surface area contributed by atoms with Gasteiger partial charge < -0.3 is 4.74 Å². The third-order valence-corrected chi connectivity index (χ3v) is 3.25. The quantitative estimate of drug-likeness (QED) is 0.741. The maximum Gasteiger partial charge on any atom is 0.156 e. The van der Waals surface area contributed by atoms with Gasteiger partial charge in [0, 0.05) is 0 Å². The molecular weight excluding hydrogens is 263 g/mol. The highest BCUT2D eigenvalue weighted by atomic mass is 35.5. The van der Waals surface area contributed by atoms with Crippen LogP contribution >= 0.6 is 35.8 Å². The Morgan fingerprint density at radius 1 is 1.25 bits per heavy atom. The number of para-hydroxylation sites is 1. The molecule has 1 aromatic carbocycles. The number of hydrogen-bond acceptors (Lipinski definition) is 2. The Morgan fingerprint density at radius 3 is 2.44 bits per heavy atom. The largest absolute Gasteiger partial charge is 0.490 e. The second-order valence-electron chi connectivity index (χ2n) is 3.81. The summed E-state index contributed by atoms with van der Waals surface area (Å²) in [4.78, 5) is 0. The van der Waals surface area contributed by atoms with Crippen LogP contribution in [0.25, 0.3) is 0 Å². The van der Waals surface area contributed by atoms with Crippen molar-refractivity contribution in [1.82, 2.24) is 0 Å². The van der Waals surface area contributed by atoms with E-state index in [1.54, 1.807) is 18.2 Å². The second kappa shape index (κ2) is 7.31. The number of hydrogen-bond donors (Lipinski definition) is 1. The first kappa shape index (κ1) is 14.0. The smallest absolute Gasteiger partial charge is 0.156 e. The molecule has 0 aliphatic heterocycles. The monoisotopic (exact) mass is 278 g/mol. The predicted molar refractivity (Wildman–Crippen MR) is 74.2 cm³/mol. The zero-order valence-electron chi connectivity index (χ0n) is 9.25. The molecule has 16 heavy (non-hydrogen) atoms. The maximum absolute atomic E-state index is 5.98. The van der Waals surface area contributed by atoms with Gasteiger partial charge in [-0.05, 0) is 36.6 Å². The van der Waals surface area contributed by atoms with E-state index < -0.39 is 0 Å². The number of ether oxygens (including phenoxy) is 1. The Labute approximate surface area is 112 Å². The molecule has 0 aliphatic rings. The number of halogens is 2. The first-order valence-electron chi connectivity index (χ1n) is 5.32. The zero-order chi connectivity index (χ0) is 12.0. The summed E-state index contributed by atoms with van der Waals surface area (Å²) >= 11 is 16.2. The lowest BCUT2D eigenvalue weighted by Gasteiger charge is -2.12. The molecule has 1 atom stereocenters. The molecule has 0 spiro atoms. The van der Waals surface area contributed by atoms with E-state index in [9.17, 15) is 0 Å². The van der Waals surface area contributed by atoms with Crippen molar-refractivity contribution in [3.8, 4) is 5.75 Å². The van der Waals surface area contributed by atoms with Crippen LogP contribution in [0.3, 0.4) is 0 Å². The van der Waals surface area contributed by atoms with Crippen molar-refractivity contribution in [2.24, 2.45) is 5.92 Å². The SMILES string of the molecule is CC(CCS)CCOc1c(Cl)cccc1Cl. The Bertz CT molecular complexity index is 311. The van der Waals surface area contributed by atoms with Gasteiger partial charge in [-0.1, -0.05) is 36.2 Å². The Morgan fingerprint density at radius 2 is 1.88 bits per heavy atom. The molecule has 0 N–H and O–H groups in total. The standard InChI is InChI=1S/C12H16Cl2OS/c1-9(6-8-16)5-7-15-12-10(13)3-2-4-11(12)14/h2-4,9,16H,5-8H2,1H3. The van der Waals surface area contributed by atoms with Gasteiger partial charge in [0.25, 0.3) is 0 Å². The summed E-state index contributed by atoms with van der Waals surface area (Å²) in [6.45, 7) is 2.83. The lowest BCUT2D eigenvalue weighted by molar-refractivity contribution is 0.282. The Balaban J connectivity index is 2.43. The summed E-state index contributed by atoms with van der Waals surface area (Å²) in [5.41, 5.74) is 0. The van der Waals surface area contributed by atoms with Crippen LogP contribution in [0, 0.1) is 5.92 Å². The fourth-order valence-corrected chi connectivity index (χ4v) is 2.29. The van der Waals surface area contributed by atoms with Gasteiger partial charge in [-0.3, -0.25) is 0 Å². The van der Waals surface area contributed by atoms with Gasteiger partial charge in [-0.25, -0.2) is 0 Å². The van der Waals surface area contributed by atoms with Gasteiger partial charge >= 0.3 is 0 Å². The minimum Gasteiger partial charge on any atom is -0.490 e. The molecule has 0 saturated heterocycles. The van der Waals surface area contributed by atoms with E-state index in [2.05, 4.69) is 19.6 Å². The molecule has 0 amide bonds. The van der Waals surface area contributed by atoms with Gasteiger partial charge in [0.05, 0.1) is 16.7 Å². The highest BCUT2D eigenvalue weighted by Gasteiger charge is 2.07. The highest BCUT2D eigenvalue weighted by Crippen LogP contribution is 2.32. The van der Waals surface area contributed by atoms with E-state index in [0.717, 1.165) is 18.6 Å². The molecule has 0 fully saturated rings. The number of rotatable bonds is 6. The number of benzene rings is 1. The first-order chi connectivity index (χ1) is 7.65. The number of thiol groups is 1. The minimum atomic E-state index is 0.564. The highest BCUT2D eigenvalue weighted by molar-refractivity contribution is 7.80. The summed E-state index contributed by atoms with van der Waals surface area (Å²) in [5.74, 6) is 2.11. The van der Waals surface area contributed by atoms with Gasteiger partial charge in [0.15, 0.2) is 5.75 Å². The summed E-state index contributed by atoms with van der Waals surface area (Å²) in [6.07, 6.45) is 2.09. The van der Waals surface area contributed by atoms with Crippen LogP contribution in [-0.2, 0) is 0 Å². The fraction of sp³-hybridized carbons (Fsp3) is 0.500. The van der Waals surface area contributed by atoms with Crippen LogP contribution in [0.15, 0.2) is 18.2 Å². The Kier molecular flexibility index (Phi) is 6.40. The van der Waals surface area contributed by atoms with Gasteiger partial charge in [-0.15, -0.1) is 0 Å². The maximum atomic E-state index is 5.98. The van der Waals surface area contributed by atoms with Crippen molar-refractivity contribution in [2.45, 2.75) is 19.8 Å². The topological polar surface area (TPSA) is 9.23 Å². The van der Waals surface area contributed by atoms with E-state index >= 15 is 0 Å². The molecule has 0 aromatic heterocycles. The second-order valence-corrected chi connectivity index (χ2v) is 5.07. The summed E-state index contributed by atoms with van der Waals surface area (Å²) in [6, 6.07) is 5.36. The van der Waals surface area contributed by atoms with Crippen LogP contribution in [0.2, 0.25) is 10.0 Å². The fourth-order valence-electron chi connectivity index (χ4n) is 1.35. The van der Waals surface area contributed by atoms with Crippen LogP contribution in [0.5, 0.6) is 5.75 Å². The lowest BCUT2D eigenvalue weighted by Crippen LogP contribution is -2.05. The molecule has 1 nitrogen and oxygen atoms in total. The van der Waals surface area contributed by atoms with Crippen molar-refractivity contribution < 1.29 is 4.74 Å². The summed E-state index contributed by atoms with van der Waals surface area (Å²) < 4.78 is 5.60. The molecule has 1 aromatic rings. The van der Waals surface area contributed by atoms with E-state index in [0.29, 0.717) is 28.3 Å². The molecule has 4 heteroatoms. The normalized spacial score (nSPS) is 12.5. The van der Waals surface area contributed by atoms with E-state index in [4.69, 9.17) is 27.9 Å². The molecule has 0 aliphatic carbocycles. The Hall–Kier alpha value is -0.0500. The molecule has 90 valence electrons. The summed E-state index contributed by atoms with van der Waals surface area (Å²) in [7, 11) is 0. The molecule has 1 unspecified atom stereocenters. The van der Waals surface area contributed by atoms with Gasteiger partial charge in [-0.2, -0.15) is 12.6 Å².